The van der Waals surface area contributed by atoms with Gasteiger partial charge in [0.05, 0.1) is 5.97 Å². The Morgan fingerprint density at radius 3 is 2.32 bits per heavy atom. The number of carbonyl (C=O) groups excluding carboxylic acids is 2. The van der Waals surface area contributed by atoms with Crippen molar-refractivity contribution >= 4 is 17.6 Å². The van der Waals surface area contributed by atoms with Crippen LogP contribution in [0.15, 0.2) is 48.5 Å². The number of phenols is 1. The fourth-order valence-corrected chi connectivity index (χ4v) is 1.90. The fraction of sp³-hybridized carbons (Fsp3) is 0.125. The molecule has 0 unspecified atom stereocenters. The van der Waals surface area contributed by atoms with E-state index in [0.717, 1.165) is 5.56 Å². The summed E-state index contributed by atoms with van der Waals surface area (Å²) < 4.78 is 0. The molecular weight excluding hydrogens is 293 g/mol. The number of carboxylic acid groups (broad SMARTS) is 1. The van der Waals surface area contributed by atoms with Gasteiger partial charge in [-0.15, -0.1) is 0 Å². The van der Waals surface area contributed by atoms with E-state index in [2.05, 4.69) is 5.32 Å². The number of phenolic OH excluding ortho intramolecular Hbond substituents is 1. The summed E-state index contributed by atoms with van der Waals surface area (Å²) in [5.74, 6) is -1.44. The van der Waals surface area contributed by atoms with Crippen LogP contribution in [0.25, 0.3) is 0 Å². The van der Waals surface area contributed by atoms with E-state index in [1.807, 2.05) is 0 Å². The fourth-order valence-electron chi connectivity index (χ4n) is 1.90. The molecule has 2 N–H and O–H groups in total. The third-order valence-electron chi connectivity index (χ3n) is 3.00. The number of benzene rings is 2. The minimum atomic E-state index is -1.33. The number of para-hydroxylation sites is 1. The van der Waals surface area contributed by atoms with Gasteiger partial charge in [-0.3, -0.25) is 4.79 Å². The molecule has 2 aromatic carbocycles. The summed E-state index contributed by atoms with van der Waals surface area (Å²) in [7, 11) is 0. The van der Waals surface area contributed by atoms with Crippen molar-refractivity contribution in [3.63, 3.8) is 0 Å². The van der Waals surface area contributed by atoms with E-state index in [4.69, 9.17) is 0 Å². The average molecular weight is 307 g/mol. The Labute approximate surface area is 150 Å². The van der Waals surface area contributed by atoms with Gasteiger partial charge in [0.15, 0.2) is 0 Å². The quantitative estimate of drug-likeness (QED) is 0.647. The molecule has 108 valence electrons. The van der Waals surface area contributed by atoms with Gasteiger partial charge in [-0.05, 0) is 30.2 Å². The van der Waals surface area contributed by atoms with Crippen molar-refractivity contribution in [1.29, 1.82) is 0 Å². The maximum Gasteiger partial charge on any atom is 1.00 e. The summed E-state index contributed by atoms with van der Waals surface area (Å²) in [6.07, 6.45) is 0.714. The van der Waals surface area contributed by atoms with Gasteiger partial charge in [0.1, 0.15) is 5.75 Å². The molecule has 2 rings (SSSR count). The van der Waals surface area contributed by atoms with Crippen molar-refractivity contribution in [3.8, 4) is 5.75 Å². The number of carboxylic acids is 1. The Balaban J connectivity index is 0.00000242. The van der Waals surface area contributed by atoms with Crippen molar-refractivity contribution in [3.05, 3.63) is 59.7 Å². The minimum Gasteiger partial charge on any atom is -0.545 e. The molecule has 0 aliphatic carbocycles. The molecule has 0 atom stereocenters. The molecule has 0 aliphatic heterocycles. The number of hydrogen-bond acceptors (Lipinski definition) is 4. The maximum absolute atomic E-state index is 11.9. The first-order chi connectivity index (χ1) is 10.1. The van der Waals surface area contributed by atoms with Crippen LogP contribution < -0.4 is 40.0 Å². The number of carbonyl (C=O) groups is 2. The van der Waals surface area contributed by atoms with Gasteiger partial charge in [-0.1, -0.05) is 30.3 Å². The summed E-state index contributed by atoms with van der Waals surface area (Å²) in [6, 6.07) is 12.7. The molecular formula is C16H14NNaO4. The standard InChI is InChI=1S/C16H15NO4.Na/c18-12-8-5-11(6-9-12)7-10-15(19)17-14-4-2-1-3-13(14)16(20)21;/h1-6,8-9,18H,7,10H2,(H,17,19)(H,20,21);/q;+1/p-1. The first-order valence-corrected chi connectivity index (χ1v) is 6.44. The molecule has 22 heavy (non-hydrogen) atoms. The molecule has 1 amide bonds. The van der Waals surface area contributed by atoms with Gasteiger partial charge < -0.3 is 20.3 Å². The topological polar surface area (TPSA) is 89.5 Å². The summed E-state index contributed by atoms with van der Waals surface area (Å²) in [5, 5.41) is 22.7. The first kappa shape index (κ1) is 18.2. The second-order valence-electron chi connectivity index (χ2n) is 4.55. The van der Waals surface area contributed by atoms with Gasteiger partial charge in [-0.2, -0.15) is 0 Å². The van der Waals surface area contributed by atoms with Crippen LogP contribution in [0.3, 0.4) is 0 Å². The van der Waals surface area contributed by atoms with Gasteiger partial charge in [0.25, 0.3) is 0 Å². The van der Waals surface area contributed by atoms with E-state index >= 15 is 0 Å². The van der Waals surface area contributed by atoms with Crippen LogP contribution >= 0.6 is 0 Å². The summed E-state index contributed by atoms with van der Waals surface area (Å²) in [6.45, 7) is 0. The molecule has 0 saturated heterocycles. The molecule has 0 radical (unpaired) electrons. The van der Waals surface area contributed by atoms with Gasteiger partial charge in [-0.25, -0.2) is 0 Å². The smallest absolute Gasteiger partial charge is 0.545 e. The number of amides is 1. The van der Waals surface area contributed by atoms with Crippen LogP contribution in [0.1, 0.15) is 22.3 Å². The van der Waals surface area contributed by atoms with Crippen molar-refractivity contribution in [2.45, 2.75) is 12.8 Å². The Hall–Kier alpha value is -1.82. The van der Waals surface area contributed by atoms with Crippen molar-refractivity contribution in [1.82, 2.24) is 0 Å². The van der Waals surface area contributed by atoms with Crippen LogP contribution in [0.4, 0.5) is 5.69 Å². The molecule has 0 spiro atoms. The number of aromatic carboxylic acids is 1. The predicted octanol–water partition coefficient (Wildman–Crippen LogP) is -1.67. The van der Waals surface area contributed by atoms with Gasteiger partial charge >= 0.3 is 29.6 Å². The van der Waals surface area contributed by atoms with E-state index in [0.29, 0.717) is 6.42 Å². The number of hydrogen-bond donors (Lipinski definition) is 2. The van der Waals surface area contributed by atoms with Crippen LogP contribution in [0, 0.1) is 0 Å². The number of nitrogens with one attached hydrogen (secondary N) is 1. The van der Waals surface area contributed by atoms with Crippen molar-refractivity contribution in [2.75, 3.05) is 5.32 Å². The maximum atomic E-state index is 11.9. The zero-order valence-electron chi connectivity index (χ0n) is 12.2. The Morgan fingerprint density at radius 2 is 1.68 bits per heavy atom. The van der Waals surface area contributed by atoms with E-state index in [-0.39, 0.29) is 58.9 Å². The van der Waals surface area contributed by atoms with Crippen LogP contribution in [-0.4, -0.2) is 17.0 Å². The van der Waals surface area contributed by atoms with Crippen LogP contribution in [-0.2, 0) is 11.2 Å². The normalized spacial score (nSPS) is 9.64. The number of aromatic hydroxyl groups is 1. The van der Waals surface area contributed by atoms with Crippen molar-refractivity contribution in [2.24, 2.45) is 0 Å². The summed E-state index contributed by atoms with van der Waals surface area (Å²) in [5.41, 5.74) is 1.10. The van der Waals surface area contributed by atoms with E-state index in [1.165, 1.54) is 12.1 Å². The number of aryl methyl sites for hydroxylation is 1. The molecule has 0 aromatic heterocycles. The molecule has 6 heteroatoms. The Bertz CT molecular complexity index is 655. The predicted molar refractivity (Wildman–Crippen MR) is 75.8 cm³/mol. The van der Waals surface area contributed by atoms with Gasteiger partial charge in [0.2, 0.25) is 5.91 Å². The van der Waals surface area contributed by atoms with Crippen LogP contribution in [0.2, 0.25) is 0 Å². The molecule has 0 bridgehead atoms. The zero-order valence-corrected chi connectivity index (χ0v) is 14.2. The zero-order chi connectivity index (χ0) is 15.2. The second kappa shape index (κ2) is 8.58. The number of rotatable bonds is 5. The Kier molecular flexibility index (Phi) is 7.11. The third-order valence-corrected chi connectivity index (χ3v) is 3.00. The molecule has 0 fully saturated rings. The molecule has 5 nitrogen and oxygen atoms in total. The van der Waals surface area contributed by atoms with E-state index in [1.54, 1.807) is 36.4 Å². The van der Waals surface area contributed by atoms with Crippen LogP contribution in [0.5, 0.6) is 5.75 Å². The molecule has 0 aliphatic rings. The van der Waals surface area contributed by atoms with E-state index < -0.39 is 5.97 Å². The van der Waals surface area contributed by atoms with E-state index in [9.17, 15) is 19.8 Å². The molecule has 0 saturated carbocycles. The average Bonchev–Trinajstić information content (AvgIpc) is 2.47. The number of anilines is 1. The SMILES string of the molecule is O=C(CCc1ccc(O)cc1)Nc1ccccc1C(=O)[O-].[Na+]. The third kappa shape index (κ3) is 5.18. The van der Waals surface area contributed by atoms with Gasteiger partial charge in [0, 0.05) is 17.7 Å². The largest absolute Gasteiger partial charge is 1.00 e. The monoisotopic (exact) mass is 307 g/mol. The first-order valence-electron chi connectivity index (χ1n) is 6.44. The second-order valence-corrected chi connectivity index (χ2v) is 4.55. The molecule has 0 heterocycles. The summed E-state index contributed by atoms with van der Waals surface area (Å²) >= 11 is 0. The summed E-state index contributed by atoms with van der Waals surface area (Å²) in [4.78, 5) is 22.8. The minimum absolute atomic E-state index is 0. The molecule has 2 aromatic rings. The van der Waals surface area contributed by atoms with Crippen molar-refractivity contribution < 1.29 is 49.4 Å². The Morgan fingerprint density at radius 1 is 1.05 bits per heavy atom.